The standard InChI is InChI=1S/C17H22N2O2S/c1-3-22-17-14-6-4-5-7-15(14)19(17)16(18-21-17)12-8-10-13(20-2)11-9-12/h8-11,14-15H,3-7H2,1-2H3/t14-,15+,17?/m0/s1. The summed E-state index contributed by atoms with van der Waals surface area (Å²) in [6.07, 6.45) is 5.16. The highest BCUT2D eigenvalue weighted by atomic mass is 32.2. The zero-order valence-corrected chi connectivity index (χ0v) is 13.9. The highest BCUT2D eigenvalue weighted by Crippen LogP contribution is 2.59. The average molecular weight is 318 g/mol. The molecule has 1 saturated heterocycles. The van der Waals surface area contributed by atoms with Crippen molar-refractivity contribution in [3.63, 3.8) is 0 Å². The van der Waals surface area contributed by atoms with E-state index in [1.54, 1.807) is 7.11 Å². The molecule has 1 aliphatic carbocycles. The van der Waals surface area contributed by atoms with Crippen LogP contribution >= 0.6 is 11.8 Å². The fourth-order valence-corrected chi connectivity index (χ4v) is 5.44. The van der Waals surface area contributed by atoms with Crippen molar-refractivity contribution in [3.8, 4) is 5.75 Å². The quantitative estimate of drug-likeness (QED) is 0.848. The molecule has 0 spiro atoms. The summed E-state index contributed by atoms with van der Waals surface area (Å²) in [5.74, 6) is 3.53. The van der Waals surface area contributed by atoms with Gasteiger partial charge in [-0.1, -0.05) is 36.7 Å². The lowest BCUT2D eigenvalue weighted by Crippen LogP contribution is -2.72. The van der Waals surface area contributed by atoms with Crippen LogP contribution in [0, 0.1) is 5.92 Å². The number of ether oxygens (including phenoxy) is 1. The number of rotatable bonds is 4. The van der Waals surface area contributed by atoms with Crippen LogP contribution in [0.15, 0.2) is 29.4 Å². The zero-order chi connectivity index (χ0) is 15.2. The predicted molar refractivity (Wildman–Crippen MR) is 89.1 cm³/mol. The molecule has 1 saturated carbocycles. The molecule has 1 aromatic rings. The van der Waals surface area contributed by atoms with Gasteiger partial charge in [-0.2, -0.15) is 0 Å². The summed E-state index contributed by atoms with van der Waals surface area (Å²) in [5.41, 5.74) is 1.11. The molecule has 3 aliphatic rings. The molecular weight excluding hydrogens is 296 g/mol. The Labute approximate surface area is 135 Å². The Hall–Kier alpha value is -1.36. The highest BCUT2D eigenvalue weighted by molar-refractivity contribution is 8.00. The van der Waals surface area contributed by atoms with Crippen LogP contribution in [-0.2, 0) is 4.84 Å². The van der Waals surface area contributed by atoms with Crippen LogP contribution < -0.4 is 4.74 Å². The first-order valence-corrected chi connectivity index (χ1v) is 9.12. The van der Waals surface area contributed by atoms with E-state index < -0.39 is 0 Å². The van der Waals surface area contributed by atoms with Gasteiger partial charge in [0.1, 0.15) is 5.75 Å². The van der Waals surface area contributed by atoms with Crippen molar-refractivity contribution in [1.29, 1.82) is 0 Å². The number of hydrogen-bond donors (Lipinski definition) is 0. The van der Waals surface area contributed by atoms with Gasteiger partial charge >= 0.3 is 0 Å². The smallest absolute Gasteiger partial charge is 0.263 e. The van der Waals surface area contributed by atoms with Crippen LogP contribution in [0.2, 0.25) is 0 Å². The Bertz CT molecular complexity index is 589. The van der Waals surface area contributed by atoms with E-state index in [1.807, 2.05) is 23.9 Å². The molecule has 118 valence electrons. The normalized spacial score (nSPS) is 32.5. The summed E-state index contributed by atoms with van der Waals surface area (Å²) >= 11 is 1.89. The number of oxime groups is 1. The van der Waals surface area contributed by atoms with E-state index in [0.29, 0.717) is 12.0 Å². The lowest BCUT2D eigenvalue weighted by atomic mass is 9.74. The molecule has 2 heterocycles. The van der Waals surface area contributed by atoms with E-state index in [4.69, 9.17) is 9.57 Å². The number of methoxy groups -OCH3 is 1. The van der Waals surface area contributed by atoms with Crippen molar-refractivity contribution < 1.29 is 9.57 Å². The SMILES string of the molecule is CCSC12ON=C(c3ccc(OC)cc3)N1[C@@H]1CCCC[C@@H]12. The van der Waals surface area contributed by atoms with Gasteiger partial charge in [0, 0.05) is 11.6 Å². The van der Waals surface area contributed by atoms with Gasteiger partial charge in [-0.15, -0.1) is 0 Å². The maximum Gasteiger partial charge on any atom is 0.263 e. The highest BCUT2D eigenvalue weighted by Gasteiger charge is 2.67. The van der Waals surface area contributed by atoms with Crippen LogP contribution in [0.3, 0.4) is 0 Å². The summed E-state index contributed by atoms with van der Waals surface area (Å²) in [6.45, 7) is 2.20. The van der Waals surface area contributed by atoms with Gasteiger partial charge in [0.2, 0.25) is 0 Å². The van der Waals surface area contributed by atoms with Crippen molar-refractivity contribution in [2.45, 2.75) is 43.7 Å². The lowest BCUT2D eigenvalue weighted by Gasteiger charge is -2.60. The zero-order valence-electron chi connectivity index (χ0n) is 13.1. The third-order valence-corrected chi connectivity index (χ3v) is 6.33. The van der Waals surface area contributed by atoms with Crippen LogP contribution in [-0.4, -0.2) is 34.7 Å². The molecule has 0 bridgehead atoms. The summed E-state index contributed by atoms with van der Waals surface area (Å²) < 4.78 is 5.25. The van der Waals surface area contributed by atoms with Crippen LogP contribution in [0.25, 0.3) is 0 Å². The minimum absolute atomic E-state index is 0.241. The lowest BCUT2D eigenvalue weighted by molar-refractivity contribution is -0.183. The van der Waals surface area contributed by atoms with Gasteiger partial charge in [-0.05, 0) is 42.9 Å². The van der Waals surface area contributed by atoms with Gasteiger partial charge in [-0.25, -0.2) is 0 Å². The second-order valence-electron chi connectivity index (χ2n) is 6.13. The number of benzene rings is 1. The van der Waals surface area contributed by atoms with Crippen molar-refractivity contribution in [2.24, 2.45) is 11.1 Å². The van der Waals surface area contributed by atoms with Crippen LogP contribution in [0.5, 0.6) is 5.75 Å². The number of fused-ring (bicyclic) bond motifs is 4. The van der Waals surface area contributed by atoms with Gasteiger partial charge in [-0.3, -0.25) is 0 Å². The largest absolute Gasteiger partial charge is 0.497 e. The number of hydrogen-bond acceptors (Lipinski definition) is 5. The molecule has 1 aromatic carbocycles. The van der Waals surface area contributed by atoms with Crippen molar-refractivity contribution in [1.82, 2.24) is 4.90 Å². The number of thioether (sulfide) groups is 1. The summed E-state index contributed by atoms with van der Waals surface area (Å²) in [5, 5.41) is 4.24. The molecule has 4 nitrogen and oxygen atoms in total. The minimum Gasteiger partial charge on any atom is -0.497 e. The van der Waals surface area contributed by atoms with Crippen molar-refractivity contribution >= 4 is 17.6 Å². The predicted octanol–water partition coefficient (Wildman–Crippen LogP) is 3.67. The molecule has 1 unspecified atom stereocenters. The summed E-state index contributed by atoms with van der Waals surface area (Å²) in [6, 6.07) is 8.72. The molecule has 0 aromatic heterocycles. The molecule has 0 N–H and O–H groups in total. The maximum atomic E-state index is 6.02. The molecule has 5 heteroatoms. The molecule has 2 aliphatic heterocycles. The number of nitrogens with zero attached hydrogens (tertiary/aromatic N) is 2. The van der Waals surface area contributed by atoms with E-state index in [2.05, 4.69) is 29.1 Å². The Balaban J connectivity index is 1.64. The third-order valence-electron chi connectivity index (χ3n) is 5.06. The average Bonchev–Trinajstić information content (AvgIpc) is 2.89. The summed E-state index contributed by atoms with van der Waals surface area (Å²) in [4.78, 5) is 8.46. The van der Waals surface area contributed by atoms with Crippen molar-refractivity contribution in [3.05, 3.63) is 29.8 Å². The maximum absolute atomic E-state index is 6.02. The van der Waals surface area contributed by atoms with E-state index in [0.717, 1.165) is 22.9 Å². The Morgan fingerprint density at radius 3 is 2.82 bits per heavy atom. The van der Waals surface area contributed by atoms with Gasteiger partial charge in [0.15, 0.2) is 5.84 Å². The molecule has 3 atom stereocenters. The van der Waals surface area contributed by atoms with Gasteiger partial charge < -0.3 is 14.5 Å². The van der Waals surface area contributed by atoms with Gasteiger partial charge in [0.05, 0.1) is 13.0 Å². The molecule has 2 fully saturated rings. The van der Waals surface area contributed by atoms with Crippen molar-refractivity contribution in [2.75, 3.05) is 12.9 Å². The number of amidine groups is 1. The second-order valence-corrected chi connectivity index (χ2v) is 7.58. The first-order valence-electron chi connectivity index (χ1n) is 8.14. The molecule has 22 heavy (non-hydrogen) atoms. The topological polar surface area (TPSA) is 34.1 Å². The molecule has 0 radical (unpaired) electrons. The first-order chi connectivity index (χ1) is 10.8. The molecular formula is C17H22N2O2S. The fourth-order valence-electron chi connectivity index (χ4n) is 4.08. The Kier molecular flexibility index (Phi) is 3.48. The van der Waals surface area contributed by atoms with E-state index in [9.17, 15) is 0 Å². The third kappa shape index (κ3) is 1.87. The van der Waals surface area contributed by atoms with E-state index >= 15 is 0 Å². The second kappa shape index (κ2) is 5.37. The Morgan fingerprint density at radius 2 is 2.09 bits per heavy atom. The summed E-state index contributed by atoms with van der Waals surface area (Å²) in [7, 11) is 1.69. The molecule has 4 rings (SSSR count). The van der Waals surface area contributed by atoms with Crippen LogP contribution in [0.4, 0.5) is 0 Å². The van der Waals surface area contributed by atoms with Gasteiger partial charge in [0.25, 0.3) is 5.06 Å². The first kappa shape index (κ1) is 14.2. The Morgan fingerprint density at radius 1 is 1.32 bits per heavy atom. The monoisotopic (exact) mass is 318 g/mol. The minimum atomic E-state index is -0.241. The van der Waals surface area contributed by atoms with E-state index in [-0.39, 0.29) is 5.06 Å². The molecule has 0 amide bonds. The van der Waals surface area contributed by atoms with E-state index in [1.165, 1.54) is 25.7 Å². The van der Waals surface area contributed by atoms with Crippen LogP contribution in [0.1, 0.15) is 38.2 Å². The fraction of sp³-hybridized carbons (Fsp3) is 0.588.